The maximum Gasteiger partial charge on any atom is 0.191 e. The lowest BCUT2D eigenvalue weighted by Gasteiger charge is -2.10. The van der Waals surface area contributed by atoms with Crippen LogP contribution in [-0.2, 0) is 13.0 Å². The van der Waals surface area contributed by atoms with Crippen LogP contribution >= 0.6 is 11.3 Å². The number of aromatic nitrogens is 2. The molecule has 0 atom stereocenters. The van der Waals surface area contributed by atoms with Gasteiger partial charge in [0.05, 0.1) is 6.54 Å². The monoisotopic (exact) mass is 289 g/mol. The number of nitrogens with zero attached hydrogens (tertiary/aromatic N) is 3. The largest absolute Gasteiger partial charge is 0.356 e. The van der Waals surface area contributed by atoms with Gasteiger partial charge in [0.1, 0.15) is 5.01 Å². The lowest BCUT2D eigenvalue weighted by Crippen LogP contribution is -2.37. The van der Waals surface area contributed by atoms with E-state index in [9.17, 15) is 0 Å². The zero-order chi connectivity index (χ0) is 14.2. The Morgan fingerprint density at radius 2 is 2.20 bits per heavy atom. The molecule has 0 aromatic carbocycles. The first-order valence-corrected chi connectivity index (χ1v) is 7.35. The third-order valence-corrected chi connectivity index (χ3v) is 3.61. The van der Waals surface area contributed by atoms with Crippen LogP contribution in [0.2, 0.25) is 0 Å². The Labute approximate surface area is 123 Å². The Hall–Kier alpha value is -1.95. The van der Waals surface area contributed by atoms with Crippen LogP contribution in [0.1, 0.15) is 15.6 Å². The van der Waals surface area contributed by atoms with Gasteiger partial charge in [0.25, 0.3) is 0 Å². The van der Waals surface area contributed by atoms with Gasteiger partial charge in [0, 0.05) is 43.0 Å². The molecule has 2 heterocycles. The Morgan fingerprint density at radius 3 is 2.85 bits per heavy atom. The van der Waals surface area contributed by atoms with E-state index in [-0.39, 0.29) is 0 Å². The van der Waals surface area contributed by atoms with Gasteiger partial charge in [-0.2, -0.15) is 0 Å². The van der Waals surface area contributed by atoms with Gasteiger partial charge in [-0.1, -0.05) is 6.07 Å². The van der Waals surface area contributed by atoms with Crippen molar-refractivity contribution in [3.63, 3.8) is 0 Å². The van der Waals surface area contributed by atoms with Crippen molar-refractivity contribution in [3.05, 3.63) is 46.2 Å². The van der Waals surface area contributed by atoms with E-state index >= 15 is 0 Å². The normalized spacial score (nSPS) is 11.4. The fraction of sp³-hybridized carbons (Fsp3) is 0.357. The predicted octanol–water partition coefficient (Wildman–Crippen LogP) is 1.75. The Bertz CT molecular complexity index is 550. The van der Waals surface area contributed by atoms with E-state index in [0.29, 0.717) is 6.54 Å². The fourth-order valence-corrected chi connectivity index (χ4v) is 2.44. The molecular weight excluding hydrogens is 270 g/mol. The summed E-state index contributed by atoms with van der Waals surface area (Å²) in [5.41, 5.74) is 1.08. The molecule has 0 bridgehead atoms. The van der Waals surface area contributed by atoms with E-state index < -0.39 is 0 Å². The summed E-state index contributed by atoms with van der Waals surface area (Å²) in [6.45, 7) is 3.55. The van der Waals surface area contributed by atoms with Crippen molar-refractivity contribution in [3.8, 4) is 0 Å². The number of aliphatic imine (C=N–C) groups is 1. The predicted molar refractivity (Wildman–Crippen MR) is 83.0 cm³/mol. The Morgan fingerprint density at radius 1 is 1.30 bits per heavy atom. The summed E-state index contributed by atoms with van der Waals surface area (Å²) in [4.78, 5) is 14.0. The van der Waals surface area contributed by atoms with Crippen molar-refractivity contribution < 1.29 is 0 Å². The summed E-state index contributed by atoms with van der Waals surface area (Å²) >= 11 is 1.69. The van der Waals surface area contributed by atoms with Crippen molar-refractivity contribution >= 4 is 17.3 Å². The molecule has 0 spiro atoms. The van der Waals surface area contributed by atoms with Crippen LogP contribution in [0.5, 0.6) is 0 Å². The fourth-order valence-electron chi connectivity index (χ4n) is 1.72. The third kappa shape index (κ3) is 4.62. The first-order valence-electron chi connectivity index (χ1n) is 6.53. The number of hydrogen-bond donors (Lipinski definition) is 2. The highest BCUT2D eigenvalue weighted by Crippen LogP contribution is 2.10. The van der Waals surface area contributed by atoms with Crippen LogP contribution in [0.15, 0.2) is 35.6 Å². The zero-order valence-electron chi connectivity index (χ0n) is 11.8. The van der Waals surface area contributed by atoms with Crippen molar-refractivity contribution in [2.45, 2.75) is 19.9 Å². The van der Waals surface area contributed by atoms with Crippen molar-refractivity contribution in [1.29, 1.82) is 0 Å². The molecule has 0 amide bonds. The molecule has 0 radical (unpaired) electrons. The van der Waals surface area contributed by atoms with Crippen LogP contribution in [-0.4, -0.2) is 29.5 Å². The standard InChI is InChI=1S/C14H19N5S/c1-11-9-18-13(20-11)10-19-14(15-2)17-8-6-12-5-3-4-7-16-12/h3-5,7,9H,6,8,10H2,1-2H3,(H2,15,17,19). The number of rotatable bonds is 5. The molecular formula is C14H19N5S. The molecule has 0 fully saturated rings. The second-order valence-electron chi connectivity index (χ2n) is 4.29. The van der Waals surface area contributed by atoms with E-state index in [1.54, 1.807) is 18.4 Å². The molecule has 0 aliphatic heterocycles. The minimum absolute atomic E-state index is 0.696. The van der Waals surface area contributed by atoms with Gasteiger partial charge in [-0.05, 0) is 19.1 Å². The summed E-state index contributed by atoms with van der Waals surface area (Å²) in [7, 11) is 1.77. The Kier molecular flexibility index (Phi) is 5.49. The summed E-state index contributed by atoms with van der Waals surface area (Å²) in [5, 5.41) is 7.59. The van der Waals surface area contributed by atoms with Crippen molar-refractivity contribution in [1.82, 2.24) is 20.6 Å². The van der Waals surface area contributed by atoms with Crippen LogP contribution in [0, 0.1) is 6.92 Å². The average molecular weight is 289 g/mol. The van der Waals surface area contributed by atoms with Gasteiger partial charge >= 0.3 is 0 Å². The number of guanidine groups is 1. The highest BCUT2D eigenvalue weighted by Gasteiger charge is 2.01. The number of pyridine rings is 1. The molecule has 0 unspecified atom stereocenters. The van der Waals surface area contributed by atoms with Gasteiger partial charge in [-0.3, -0.25) is 9.98 Å². The van der Waals surface area contributed by atoms with E-state index in [0.717, 1.165) is 29.6 Å². The van der Waals surface area contributed by atoms with E-state index in [1.807, 2.05) is 30.6 Å². The molecule has 5 nitrogen and oxygen atoms in total. The van der Waals surface area contributed by atoms with Crippen LogP contribution < -0.4 is 10.6 Å². The maximum absolute atomic E-state index is 4.31. The van der Waals surface area contributed by atoms with Crippen LogP contribution in [0.3, 0.4) is 0 Å². The smallest absolute Gasteiger partial charge is 0.191 e. The minimum Gasteiger partial charge on any atom is -0.356 e. The van der Waals surface area contributed by atoms with Gasteiger partial charge in [-0.25, -0.2) is 4.98 Å². The minimum atomic E-state index is 0.696. The van der Waals surface area contributed by atoms with Crippen molar-refractivity contribution in [2.75, 3.05) is 13.6 Å². The molecule has 0 saturated carbocycles. The lowest BCUT2D eigenvalue weighted by atomic mass is 10.3. The van der Waals surface area contributed by atoms with Crippen molar-refractivity contribution in [2.24, 2.45) is 4.99 Å². The summed E-state index contributed by atoms with van der Waals surface area (Å²) < 4.78 is 0. The van der Waals surface area contributed by atoms with E-state index in [2.05, 4.69) is 32.5 Å². The molecule has 0 aliphatic rings. The van der Waals surface area contributed by atoms with Gasteiger partial charge in [-0.15, -0.1) is 11.3 Å². The first-order chi connectivity index (χ1) is 9.78. The number of thiazole rings is 1. The molecule has 20 heavy (non-hydrogen) atoms. The van der Waals surface area contributed by atoms with Gasteiger partial charge in [0.15, 0.2) is 5.96 Å². The van der Waals surface area contributed by atoms with Crippen LogP contribution in [0.4, 0.5) is 0 Å². The molecule has 2 rings (SSSR count). The number of nitrogens with one attached hydrogen (secondary N) is 2. The van der Waals surface area contributed by atoms with Gasteiger partial charge in [0.2, 0.25) is 0 Å². The topological polar surface area (TPSA) is 62.2 Å². The third-order valence-electron chi connectivity index (χ3n) is 2.70. The number of hydrogen-bond acceptors (Lipinski definition) is 4. The zero-order valence-corrected chi connectivity index (χ0v) is 12.6. The molecule has 2 aromatic rings. The second-order valence-corrected chi connectivity index (χ2v) is 5.61. The molecule has 0 saturated heterocycles. The van der Waals surface area contributed by atoms with E-state index in [4.69, 9.17) is 0 Å². The molecule has 6 heteroatoms. The summed E-state index contributed by atoms with van der Waals surface area (Å²) in [6.07, 6.45) is 4.57. The molecule has 2 N–H and O–H groups in total. The summed E-state index contributed by atoms with van der Waals surface area (Å²) in [6, 6.07) is 5.95. The average Bonchev–Trinajstić information content (AvgIpc) is 2.89. The van der Waals surface area contributed by atoms with Gasteiger partial charge < -0.3 is 10.6 Å². The molecule has 0 aliphatic carbocycles. The highest BCUT2D eigenvalue weighted by molar-refractivity contribution is 7.11. The second kappa shape index (κ2) is 7.59. The van der Waals surface area contributed by atoms with E-state index in [1.165, 1.54) is 4.88 Å². The SMILES string of the molecule is CN=C(NCCc1ccccn1)NCc1ncc(C)s1. The quantitative estimate of drug-likeness (QED) is 0.650. The number of aryl methyl sites for hydroxylation is 1. The maximum atomic E-state index is 4.31. The molecule has 2 aromatic heterocycles. The first kappa shape index (κ1) is 14.5. The Balaban J connectivity index is 1.73. The molecule has 106 valence electrons. The highest BCUT2D eigenvalue weighted by atomic mass is 32.1. The summed E-state index contributed by atoms with van der Waals surface area (Å²) in [5.74, 6) is 0.786. The lowest BCUT2D eigenvalue weighted by molar-refractivity contribution is 0.782. The van der Waals surface area contributed by atoms with Crippen LogP contribution in [0.25, 0.3) is 0 Å².